The molecule has 0 unspecified atom stereocenters. The maximum absolute atomic E-state index is 12.2. The van der Waals surface area contributed by atoms with E-state index in [2.05, 4.69) is 0 Å². The van der Waals surface area contributed by atoms with E-state index >= 15 is 0 Å². The van der Waals surface area contributed by atoms with E-state index in [1.54, 1.807) is 36.7 Å². The highest BCUT2D eigenvalue weighted by molar-refractivity contribution is 5.95. The van der Waals surface area contributed by atoms with Crippen LogP contribution in [0.15, 0.2) is 29.2 Å². The summed E-state index contributed by atoms with van der Waals surface area (Å²) in [7, 11) is 1.71. The van der Waals surface area contributed by atoms with Gasteiger partial charge >= 0.3 is 5.97 Å². The first-order valence-corrected chi connectivity index (χ1v) is 5.84. The maximum atomic E-state index is 12.2. The zero-order valence-corrected chi connectivity index (χ0v) is 10.7. The van der Waals surface area contributed by atoms with Gasteiger partial charge in [-0.25, -0.2) is 4.79 Å². The number of aldehydes is 1. The number of carbonyl (C=O) groups is 2. The fourth-order valence-electron chi connectivity index (χ4n) is 1.93. The molecule has 1 aromatic heterocycles. The number of aromatic nitrogens is 1. The van der Waals surface area contributed by atoms with Crippen LogP contribution < -0.4 is 5.43 Å². The van der Waals surface area contributed by atoms with Gasteiger partial charge in [0.2, 0.25) is 5.43 Å². The molecule has 0 atom stereocenters. The van der Waals surface area contributed by atoms with Crippen LogP contribution in [0.2, 0.25) is 0 Å². The molecule has 0 saturated carbocycles. The molecule has 98 valence electrons. The Labute approximate surface area is 109 Å². The minimum atomic E-state index is -0.635. The number of rotatable bonds is 3. The quantitative estimate of drug-likeness (QED) is 0.619. The summed E-state index contributed by atoms with van der Waals surface area (Å²) in [5.41, 5.74) is 0.689. The van der Waals surface area contributed by atoms with Crippen LogP contribution in [0.5, 0.6) is 0 Å². The van der Waals surface area contributed by atoms with Gasteiger partial charge in [-0.2, -0.15) is 0 Å². The summed E-state index contributed by atoms with van der Waals surface area (Å²) < 4.78 is 6.48. The number of ether oxygens (including phenoxy) is 1. The topological polar surface area (TPSA) is 65.4 Å². The molecule has 0 N–H and O–H groups in total. The number of aryl methyl sites for hydroxylation is 1. The predicted molar refractivity (Wildman–Crippen MR) is 70.5 cm³/mol. The van der Waals surface area contributed by atoms with Gasteiger partial charge < -0.3 is 9.30 Å². The minimum Gasteiger partial charge on any atom is -0.462 e. The Morgan fingerprint density at radius 3 is 2.79 bits per heavy atom. The van der Waals surface area contributed by atoms with Crippen molar-refractivity contribution in [2.45, 2.75) is 6.92 Å². The smallest absolute Gasteiger partial charge is 0.343 e. The van der Waals surface area contributed by atoms with E-state index in [0.717, 1.165) is 0 Å². The summed E-state index contributed by atoms with van der Waals surface area (Å²) in [4.78, 5) is 34.6. The van der Waals surface area contributed by atoms with Gasteiger partial charge in [0, 0.05) is 24.2 Å². The zero-order valence-electron chi connectivity index (χ0n) is 10.7. The average Bonchev–Trinajstić information content (AvgIpc) is 2.42. The molecule has 0 aliphatic heterocycles. The molecule has 0 saturated heterocycles. The molecule has 2 aromatic rings. The van der Waals surface area contributed by atoms with Gasteiger partial charge in [-0.05, 0) is 19.1 Å². The van der Waals surface area contributed by atoms with E-state index in [0.29, 0.717) is 22.8 Å². The monoisotopic (exact) mass is 259 g/mol. The van der Waals surface area contributed by atoms with Gasteiger partial charge in [0.1, 0.15) is 11.8 Å². The maximum Gasteiger partial charge on any atom is 0.343 e. The van der Waals surface area contributed by atoms with Crippen LogP contribution >= 0.6 is 0 Å². The molecule has 0 aliphatic rings. The second kappa shape index (κ2) is 5.06. The number of hydrogen-bond donors (Lipinski definition) is 0. The lowest BCUT2D eigenvalue weighted by molar-refractivity contribution is 0.0524. The van der Waals surface area contributed by atoms with E-state index in [-0.39, 0.29) is 17.6 Å². The number of benzene rings is 1. The van der Waals surface area contributed by atoms with E-state index in [4.69, 9.17) is 4.74 Å². The van der Waals surface area contributed by atoms with Crippen molar-refractivity contribution in [3.05, 3.63) is 45.7 Å². The summed E-state index contributed by atoms with van der Waals surface area (Å²) in [6, 6.07) is 4.70. The van der Waals surface area contributed by atoms with Crippen LogP contribution in [0.4, 0.5) is 0 Å². The van der Waals surface area contributed by atoms with Crippen molar-refractivity contribution in [3.8, 4) is 0 Å². The largest absolute Gasteiger partial charge is 0.462 e. The number of esters is 1. The second-order valence-electron chi connectivity index (χ2n) is 4.10. The Kier molecular flexibility index (Phi) is 3.46. The first kappa shape index (κ1) is 13.0. The molecule has 0 amide bonds. The first-order valence-electron chi connectivity index (χ1n) is 5.84. The summed E-state index contributed by atoms with van der Waals surface area (Å²) >= 11 is 0. The van der Waals surface area contributed by atoms with E-state index < -0.39 is 5.97 Å². The zero-order chi connectivity index (χ0) is 14.0. The fraction of sp³-hybridized carbons (Fsp3) is 0.214. The highest BCUT2D eigenvalue weighted by Crippen LogP contribution is 2.13. The Hall–Kier alpha value is -2.43. The van der Waals surface area contributed by atoms with Crippen LogP contribution in [0.25, 0.3) is 10.9 Å². The van der Waals surface area contributed by atoms with Gasteiger partial charge in [-0.15, -0.1) is 0 Å². The van der Waals surface area contributed by atoms with Gasteiger partial charge in [0.15, 0.2) is 0 Å². The van der Waals surface area contributed by atoms with Gasteiger partial charge in [0.05, 0.1) is 12.1 Å². The third kappa shape index (κ3) is 2.27. The standard InChI is InChI=1S/C14H13NO4/c1-3-19-14(18)11-7-15(2)12-6-9(8-16)4-5-10(12)13(11)17/h4-8H,3H2,1-2H3. The predicted octanol–water partition coefficient (Wildman–Crippen LogP) is 1.53. The van der Waals surface area contributed by atoms with Crippen molar-refractivity contribution in [2.24, 2.45) is 7.05 Å². The van der Waals surface area contributed by atoms with Crippen molar-refractivity contribution in [1.82, 2.24) is 4.57 Å². The molecule has 1 aromatic carbocycles. The molecule has 0 radical (unpaired) electrons. The lowest BCUT2D eigenvalue weighted by Gasteiger charge is -2.08. The highest BCUT2D eigenvalue weighted by Gasteiger charge is 2.15. The highest BCUT2D eigenvalue weighted by atomic mass is 16.5. The number of hydrogen-bond acceptors (Lipinski definition) is 4. The van der Waals surface area contributed by atoms with Crippen molar-refractivity contribution in [1.29, 1.82) is 0 Å². The number of fused-ring (bicyclic) bond motifs is 1. The second-order valence-corrected chi connectivity index (χ2v) is 4.10. The molecule has 19 heavy (non-hydrogen) atoms. The van der Waals surface area contributed by atoms with Crippen LogP contribution in [-0.2, 0) is 11.8 Å². The summed E-state index contributed by atoms with van der Waals surface area (Å²) in [5.74, 6) is -0.635. The van der Waals surface area contributed by atoms with Crippen LogP contribution in [0.3, 0.4) is 0 Å². The van der Waals surface area contributed by atoms with Crippen molar-refractivity contribution in [2.75, 3.05) is 6.61 Å². The molecule has 0 aliphatic carbocycles. The summed E-state index contributed by atoms with van der Waals surface area (Å²) in [5, 5.41) is 0.388. The molecule has 0 bridgehead atoms. The third-order valence-corrected chi connectivity index (χ3v) is 2.85. The molecular weight excluding hydrogens is 246 g/mol. The van der Waals surface area contributed by atoms with Crippen LogP contribution in [0, 0.1) is 0 Å². The number of nitrogens with zero attached hydrogens (tertiary/aromatic N) is 1. The fourth-order valence-corrected chi connectivity index (χ4v) is 1.93. The van der Waals surface area contributed by atoms with Crippen molar-refractivity contribution < 1.29 is 14.3 Å². The van der Waals surface area contributed by atoms with Gasteiger partial charge in [0.25, 0.3) is 0 Å². The molecule has 5 heteroatoms. The Morgan fingerprint density at radius 1 is 1.42 bits per heavy atom. The summed E-state index contributed by atoms with van der Waals surface area (Å²) in [6.07, 6.45) is 2.14. The molecule has 0 spiro atoms. The summed E-state index contributed by atoms with van der Waals surface area (Å²) in [6.45, 7) is 1.89. The first-order chi connectivity index (χ1) is 9.08. The van der Waals surface area contributed by atoms with Crippen LogP contribution in [-0.4, -0.2) is 23.4 Å². The van der Waals surface area contributed by atoms with Gasteiger partial charge in [-0.3, -0.25) is 9.59 Å². The third-order valence-electron chi connectivity index (χ3n) is 2.85. The van der Waals surface area contributed by atoms with E-state index in [9.17, 15) is 14.4 Å². The SMILES string of the molecule is CCOC(=O)c1cn(C)c2cc(C=O)ccc2c1=O. The normalized spacial score (nSPS) is 10.4. The van der Waals surface area contributed by atoms with Gasteiger partial charge in [-0.1, -0.05) is 6.07 Å². The average molecular weight is 259 g/mol. The Morgan fingerprint density at radius 2 is 2.16 bits per heavy atom. The molecular formula is C14H13NO4. The van der Waals surface area contributed by atoms with E-state index in [1.807, 2.05) is 0 Å². The minimum absolute atomic E-state index is 0.00398. The lowest BCUT2D eigenvalue weighted by Crippen LogP contribution is -2.20. The molecule has 0 fully saturated rings. The number of pyridine rings is 1. The Bertz CT molecular complexity index is 715. The van der Waals surface area contributed by atoms with Crippen LogP contribution in [0.1, 0.15) is 27.6 Å². The van der Waals surface area contributed by atoms with Crippen molar-refractivity contribution in [3.63, 3.8) is 0 Å². The lowest BCUT2D eigenvalue weighted by atomic mass is 10.1. The Balaban J connectivity index is 2.73. The molecule has 5 nitrogen and oxygen atoms in total. The molecule has 2 rings (SSSR count). The number of carbonyl (C=O) groups excluding carboxylic acids is 2. The van der Waals surface area contributed by atoms with Crippen molar-refractivity contribution >= 4 is 23.2 Å². The molecule has 1 heterocycles. The van der Waals surface area contributed by atoms with E-state index in [1.165, 1.54) is 6.20 Å².